The smallest absolute Gasteiger partial charge is 0.337 e. The first kappa shape index (κ1) is 15.9. The van der Waals surface area contributed by atoms with Gasteiger partial charge in [-0.2, -0.15) is 0 Å². The van der Waals surface area contributed by atoms with Crippen LogP contribution in [-0.2, 0) is 14.8 Å². The zero-order valence-corrected chi connectivity index (χ0v) is 11.8. The van der Waals surface area contributed by atoms with Gasteiger partial charge < -0.3 is 9.84 Å². The van der Waals surface area contributed by atoms with Crippen LogP contribution in [0.4, 0.5) is 0 Å². The lowest BCUT2D eigenvalue weighted by molar-refractivity contribution is 0.0697. The standard InChI is InChI=1S/C11H14ClNO5S/c1-18-6-2-5-13-19(16,17)8-3-4-9(11(14)15)10(12)7-8/h3-4,7,13H,2,5-6H2,1H3,(H,14,15). The summed E-state index contributed by atoms with van der Waals surface area (Å²) in [5.74, 6) is -1.21. The van der Waals surface area contributed by atoms with Crippen LogP contribution in [0.15, 0.2) is 23.1 Å². The summed E-state index contributed by atoms with van der Waals surface area (Å²) in [6, 6.07) is 3.48. The molecular formula is C11H14ClNO5S. The van der Waals surface area contributed by atoms with E-state index in [1.807, 2.05) is 0 Å². The topological polar surface area (TPSA) is 92.7 Å². The Bertz CT molecular complexity index is 558. The second-order valence-electron chi connectivity index (χ2n) is 3.69. The van der Waals surface area contributed by atoms with Gasteiger partial charge in [-0.05, 0) is 24.6 Å². The van der Waals surface area contributed by atoms with Crippen molar-refractivity contribution in [3.63, 3.8) is 0 Å². The predicted octanol–water partition coefficient (Wildman–Crippen LogP) is 1.35. The Morgan fingerprint density at radius 2 is 2.16 bits per heavy atom. The number of hydrogen-bond donors (Lipinski definition) is 2. The molecule has 0 radical (unpaired) electrons. The molecule has 0 aromatic heterocycles. The molecule has 8 heteroatoms. The van der Waals surface area contributed by atoms with Gasteiger partial charge in [0.1, 0.15) is 0 Å². The third kappa shape index (κ3) is 4.46. The molecule has 0 aliphatic carbocycles. The molecule has 0 spiro atoms. The van der Waals surface area contributed by atoms with E-state index in [1.165, 1.54) is 13.2 Å². The van der Waals surface area contributed by atoms with Gasteiger partial charge in [-0.1, -0.05) is 11.6 Å². The Morgan fingerprint density at radius 1 is 1.47 bits per heavy atom. The molecule has 0 atom stereocenters. The van der Waals surface area contributed by atoms with Crippen LogP contribution in [0.5, 0.6) is 0 Å². The summed E-state index contributed by atoms with van der Waals surface area (Å²) in [5.41, 5.74) is -0.139. The van der Waals surface area contributed by atoms with Gasteiger partial charge in [-0.3, -0.25) is 0 Å². The highest BCUT2D eigenvalue weighted by Crippen LogP contribution is 2.20. The average molecular weight is 308 g/mol. The number of sulfonamides is 1. The van der Waals surface area contributed by atoms with E-state index >= 15 is 0 Å². The van der Waals surface area contributed by atoms with E-state index in [0.717, 1.165) is 12.1 Å². The third-order valence-electron chi connectivity index (χ3n) is 2.30. The molecule has 0 amide bonds. The molecule has 6 nitrogen and oxygen atoms in total. The zero-order valence-electron chi connectivity index (χ0n) is 10.2. The van der Waals surface area contributed by atoms with Gasteiger partial charge in [-0.15, -0.1) is 0 Å². The van der Waals surface area contributed by atoms with Crippen LogP contribution in [0.25, 0.3) is 0 Å². The quantitative estimate of drug-likeness (QED) is 0.742. The van der Waals surface area contributed by atoms with E-state index < -0.39 is 16.0 Å². The van der Waals surface area contributed by atoms with Gasteiger partial charge in [0, 0.05) is 20.3 Å². The van der Waals surface area contributed by atoms with Gasteiger partial charge in [-0.25, -0.2) is 17.9 Å². The number of carbonyl (C=O) groups is 1. The van der Waals surface area contributed by atoms with Crippen LogP contribution in [0.3, 0.4) is 0 Å². The fourth-order valence-corrected chi connectivity index (χ4v) is 2.77. The van der Waals surface area contributed by atoms with Crippen LogP contribution < -0.4 is 4.72 Å². The summed E-state index contributed by atoms with van der Waals surface area (Å²) in [4.78, 5) is 10.7. The maximum atomic E-state index is 11.9. The number of rotatable bonds is 7. The largest absolute Gasteiger partial charge is 0.478 e. The molecule has 0 heterocycles. The summed E-state index contributed by atoms with van der Waals surface area (Å²) in [6.07, 6.45) is 0.538. The lowest BCUT2D eigenvalue weighted by Crippen LogP contribution is -2.25. The van der Waals surface area contributed by atoms with Gasteiger partial charge in [0.05, 0.1) is 15.5 Å². The monoisotopic (exact) mass is 307 g/mol. The van der Waals surface area contributed by atoms with Crippen molar-refractivity contribution >= 4 is 27.6 Å². The minimum Gasteiger partial charge on any atom is -0.478 e. The lowest BCUT2D eigenvalue weighted by atomic mass is 10.2. The highest BCUT2D eigenvalue weighted by Gasteiger charge is 2.17. The average Bonchev–Trinajstić information content (AvgIpc) is 2.34. The number of benzene rings is 1. The first-order valence-electron chi connectivity index (χ1n) is 5.40. The molecule has 0 saturated heterocycles. The normalized spacial score (nSPS) is 11.5. The van der Waals surface area contributed by atoms with Crippen molar-refractivity contribution in [2.45, 2.75) is 11.3 Å². The Hall–Kier alpha value is -1.15. The molecule has 1 aromatic rings. The zero-order chi connectivity index (χ0) is 14.5. The van der Waals surface area contributed by atoms with E-state index in [9.17, 15) is 13.2 Å². The lowest BCUT2D eigenvalue weighted by Gasteiger charge is -2.07. The number of methoxy groups -OCH3 is 1. The second-order valence-corrected chi connectivity index (χ2v) is 5.87. The Labute approximate surface area is 116 Å². The molecule has 0 aliphatic heterocycles. The first-order chi connectivity index (χ1) is 8.88. The summed E-state index contributed by atoms with van der Waals surface area (Å²) in [6.45, 7) is 0.676. The molecule has 0 fully saturated rings. The number of carboxylic acids is 1. The van der Waals surface area contributed by atoms with Crippen molar-refractivity contribution in [2.24, 2.45) is 0 Å². The predicted molar refractivity (Wildman–Crippen MR) is 70.1 cm³/mol. The number of carboxylic acid groups (broad SMARTS) is 1. The van der Waals surface area contributed by atoms with Gasteiger partial charge >= 0.3 is 5.97 Å². The van der Waals surface area contributed by atoms with E-state index in [4.69, 9.17) is 21.4 Å². The second kappa shape index (κ2) is 6.85. The van der Waals surface area contributed by atoms with Crippen LogP contribution in [0.2, 0.25) is 5.02 Å². The highest BCUT2D eigenvalue weighted by atomic mass is 35.5. The third-order valence-corrected chi connectivity index (χ3v) is 4.07. The number of halogens is 1. The molecule has 19 heavy (non-hydrogen) atoms. The van der Waals surface area contributed by atoms with Crippen LogP contribution in [0, 0.1) is 0 Å². The van der Waals surface area contributed by atoms with Crippen LogP contribution >= 0.6 is 11.6 Å². The maximum Gasteiger partial charge on any atom is 0.337 e. The molecule has 0 saturated carbocycles. The molecule has 0 bridgehead atoms. The molecule has 0 aliphatic rings. The minimum atomic E-state index is -3.69. The van der Waals surface area contributed by atoms with Crippen molar-refractivity contribution in [3.05, 3.63) is 28.8 Å². The van der Waals surface area contributed by atoms with Gasteiger partial charge in [0.25, 0.3) is 0 Å². The van der Waals surface area contributed by atoms with E-state index in [0.29, 0.717) is 13.0 Å². The summed E-state index contributed by atoms with van der Waals surface area (Å²) < 4.78 is 30.9. The molecule has 1 aromatic carbocycles. The minimum absolute atomic E-state index is 0.0695. The summed E-state index contributed by atoms with van der Waals surface area (Å²) in [7, 11) is -2.16. The van der Waals surface area contributed by atoms with Crippen molar-refractivity contribution < 1.29 is 23.1 Å². The van der Waals surface area contributed by atoms with Crippen LogP contribution in [-0.4, -0.2) is 39.8 Å². The molecule has 2 N–H and O–H groups in total. The molecular weight excluding hydrogens is 294 g/mol. The first-order valence-corrected chi connectivity index (χ1v) is 7.26. The van der Waals surface area contributed by atoms with Crippen molar-refractivity contribution in [1.29, 1.82) is 0 Å². The van der Waals surface area contributed by atoms with Crippen molar-refractivity contribution in [1.82, 2.24) is 4.72 Å². The summed E-state index contributed by atoms with van der Waals surface area (Å²) >= 11 is 5.72. The Kier molecular flexibility index (Phi) is 5.74. The maximum absolute atomic E-state index is 11.9. The van der Waals surface area contributed by atoms with Crippen LogP contribution in [0.1, 0.15) is 16.8 Å². The molecule has 0 unspecified atom stereocenters. The number of hydrogen-bond acceptors (Lipinski definition) is 4. The fraction of sp³-hybridized carbons (Fsp3) is 0.364. The molecule has 1 rings (SSSR count). The SMILES string of the molecule is COCCCNS(=O)(=O)c1ccc(C(=O)O)c(Cl)c1. The van der Waals surface area contributed by atoms with E-state index in [2.05, 4.69) is 4.72 Å². The highest BCUT2D eigenvalue weighted by molar-refractivity contribution is 7.89. The Morgan fingerprint density at radius 3 is 2.68 bits per heavy atom. The van der Waals surface area contributed by atoms with Crippen molar-refractivity contribution in [2.75, 3.05) is 20.3 Å². The van der Waals surface area contributed by atoms with Crippen molar-refractivity contribution in [3.8, 4) is 0 Å². The number of ether oxygens (including phenoxy) is 1. The molecule has 106 valence electrons. The Balaban J connectivity index is 2.84. The van der Waals surface area contributed by atoms with E-state index in [1.54, 1.807) is 0 Å². The van der Waals surface area contributed by atoms with E-state index in [-0.39, 0.29) is 22.0 Å². The summed E-state index contributed by atoms with van der Waals surface area (Å²) in [5, 5.41) is 8.68. The van der Waals surface area contributed by atoms with Gasteiger partial charge in [0.2, 0.25) is 10.0 Å². The number of nitrogens with one attached hydrogen (secondary N) is 1. The number of aromatic carboxylic acids is 1. The fourth-order valence-electron chi connectivity index (χ4n) is 1.34. The van der Waals surface area contributed by atoms with Gasteiger partial charge in [0.15, 0.2) is 0 Å².